The van der Waals surface area contributed by atoms with Crippen molar-refractivity contribution in [2.24, 2.45) is 11.7 Å². The van der Waals surface area contributed by atoms with Crippen LogP contribution in [0, 0.1) is 5.92 Å². The average molecular weight is 489 g/mol. The van der Waals surface area contributed by atoms with E-state index in [-0.39, 0.29) is 35.0 Å². The summed E-state index contributed by atoms with van der Waals surface area (Å²) < 4.78 is 5.37. The van der Waals surface area contributed by atoms with Crippen LogP contribution in [0.5, 0.6) is 0 Å². The van der Waals surface area contributed by atoms with Crippen LogP contribution in [0.4, 0.5) is 5.69 Å². The molecular formula is C26H28N6O4. The van der Waals surface area contributed by atoms with Crippen LogP contribution in [-0.2, 0) is 0 Å². The van der Waals surface area contributed by atoms with E-state index in [1.807, 2.05) is 6.07 Å². The van der Waals surface area contributed by atoms with Gasteiger partial charge >= 0.3 is 0 Å². The molecule has 5 rings (SSSR count). The standard InChI is InChI=1S/C26H28N6O4/c27-24(33)19-11-20(14-29-13-19)30-25(34)18-3-1-2-17(10-18)23(16-6-8-28-9-7-16)31-26(35)21-12-22(36-32-21)15-4-5-15/h1-3,10-16,23,28H,4-9H2,(H2,27,33)(H,30,34)(H,31,35). The number of amides is 3. The first-order valence-electron chi connectivity index (χ1n) is 12.1. The minimum absolute atomic E-state index is 0.194. The van der Waals surface area contributed by atoms with E-state index in [9.17, 15) is 14.4 Å². The van der Waals surface area contributed by atoms with Crippen molar-refractivity contribution in [2.45, 2.75) is 37.6 Å². The van der Waals surface area contributed by atoms with Crippen molar-refractivity contribution in [3.63, 3.8) is 0 Å². The monoisotopic (exact) mass is 488 g/mol. The van der Waals surface area contributed by atoms with Crippen molar-refractivity contribution < 1.29 is 18.9 Å². The van der Waals surface area contributed by atoms with Gasteiger partial charge in [-0.15, -0.1) is 0 Å². The molecule has 1 aliphatic carbocycles. The van der Waals surface area contributed by atoms with Gasteiger partial charge in [0.25, 0.3) is 11.8 Å². The Kier molecular flexibility index (Phi) is 6.77. The molecule has 5 N–H and O–H groups in total. The Morgan fingerprint density at radius 3 is 2.56 bits per heavy atom. The second-order valence-corrected chi connectivity index (χ2v) is 9.33. The molecule has 1 atom stereocenters. The van der Waals surface area contributed by atoms with Gasteiger partial charge in [-0.1, -0.05) is 17.3 Å². The summed E-state index contributed by atoms with van der Waals surface area (Å²) >= 11 is 0. The smallest absolute Gasteiger partial charge is 0.273 e. The Labute approximate surface area is 208 Å². The van der Waals surface area contributed by atoms with Crippen LogP contribution in [-0.4, -0.2) is 41.0 Å². The first kappa shape index (κ1) is 23.7. The maximum atomic E-state index is 13.1. The van der Waals surface area contributed by atoms with Gasteiger partial charge in [0.15, 0.2) is 5.69 Å². The van der Waals surface area contributed by atoms with Gasteiger partial charge in [0, 0.05) is 23.7 Å². The van der Waals surface area contributed by atoms with Crippen molar-refractivity contribution >= 4 is 23.4 Å². The SMILES string of the molecule is NC(=O)c1cncc(NC(=O)c2cccc(C(NC(=O)c3cc(C4CC4)on3)C3CCNCC3)c2)c1. The number of hydrogen-bond donors (Lipinski definition) is 4. The van der Waals surface area contributed by atoms with Gasteiger partial charge in [-0.05, 0) is 68.5 Å². The molecule has 10 heteroatoms. The Hall–Kier alpha value is -4.05. The van der Waals surface area contributed by atoms with Gasteiger partial charge in [0.1, 0.15) is 5.76 Å². The minimum atomic E-state index is -0.627. The van der Waals surface area contributed by atoms with Gasteiger partial charge in [0.05, 0.1) is 23.5 Å². The van der Waals surface area contributed by atoms with Crippen LogP contribution in [0.2, 0.25) is 0 Å². The van der Waals surface area contributed by atoms with Crippen molar-refractivity contribution in [3.8, 4) is 0 Å². The first-order chi connectivity index (χ1) is 17.5. The first-order valence-corrected chi connectivity index (χ1v) is 12.1. The normalized spacial score (nSPS) is 16.8. The fourth-order valence-electron chi connectivity index (χ4n) is 4.54. The van der Waals surface area contributed by atoms with Crippen molar-refractivity contribution in [1.29, 1.82) is 0 Å². The number of nitrogens with two attached hydrogens (primary N) is 1. The molecule has 2 aromatic heterocycles. The number of carbonyl (C=O) groups is 3. The van der Waals surface area contributed by atoms with Crippen LogP contribution in [0.3, 0.4) is 0 Å². The third kappa shape index (κ3) is 5.44. The summed E-state index contributed by atoms with van der Waals surface area (Å²) in [6.45, 7) is 1.71. The van der Waals surface area contributed by atoms with E-state index in [2.05, 4.69) is 26.1 Å². The fraction of sp³-hybridized carbons (Fsp3) is 0.346. The number of piperidine rings is 1. The summed E-state index contributed by atoms with van der Waals surface area (Å²) in [6, 6.07) is 10.1. The molecule has 36 heavy (non-hydrogen) atoms. The number of hydrogen-bond acceptors (Lipinski definition) is 7. The Morgan fingerprint density at radius 2 is 1.81 bits per heavy atom. The molecule has 0 radical (unpaired) electrons. The van der Waals surface area contributed by atoms with Crippen molar-refractivity contribution in [1.82, 2.24) is 20.8 Å². The van der Waals surface area contributed by atoms with E-state index >= 15 is 0 Å². The molecule has 3 amide bonds. The summed E-state index contributed by atoms with van der Waals surface area (Å²) in [5.74, 6) is 0.0392. The number of nitrogens with one attached hydrogen (secondary N) is 3. The lowest BCUT2D eigenvalue weighted by molar-refractivity contribution is 0.0904. The molecule has 1 aromatic carbocycles. The lowest BCUT2D eigenvalue weighted by atomic mass is 9.85. The predicted molar refractivity (Wildman–Crippen MR) is 131 cm³/mol. The van der Waals surface area contributed by atoms with E-state index in [4.69, 9.17) is 10.3 Å². The molecule has 1 saturated carbocycles. The predicted octanol–water partition coefficient (Wildman–Crippen LogP) is 2.77. The fourth-order valence-corrected chi connectivity index (χ4v) is 4.54. The molecule has 1 aliphatic heterocycles. The zero-order chi connectivity index (χ0) is 25.1. The third-order valence-electron chi connectivity index (χ3n) is 6.67. The highest BCUT2D eigenvalue weighted by Crippen LogP contribution is 2.40. The number of pyridine rings is 1. The molecule has 1 unspecified atom stereocenters. The molecular weight excluding hydrogens is 460 g/mol. The molecule has 2 fully saturated rings. The van der Waals surface area contributed by atoms with Crippen LogP contribution in [0.25, 0.3) is 0 Å². The van der Waals surface area contributed by atoms with Crippen molar-refractivity contribution in [3.05, 3.63) is 76.9 Å². The minimum Gasteiger partial charge on any atom is -0.366 e. The third-order valence-corrected chi connectivity index (χ3v) is 6.67. The van der Waals surface area contributed by atoms with Crippen LogP contribution < -0.4 is 21.7 Å². The van der Waals surface area contributed by atoms with Gasteiger partial charge in [-0.25, -0.2) is 0 Å². The average Bonchev–Trinajstić information content (AvgIpc) is 3.63. The number of benzene rings is 1. The highest BCUT2D eigenvalue weighted by molar-refractivity contribution is 6.05. The Morgan fingerprint density at radius 1 is 1.00 bits per heavy atom. The summed E-state index contributed by atoms with van der Waals surface area (Å²) in [5.41, 5.74) is 7.39. The van der Waals surface area contributed by atoms with Crippen LogP contribution in [0.15, 0.2) is 53.3 Å². The number of aromatic nitrogens is 2. The maximum absolute atomic E-state index is 13.1. The molecule has 10 nitrogen and oxygen atoms in total. The Bertz CT molecular complexity index is 1280. The molecule has 186 valence electrons. The van der Waals surface area contributed by atoms with Crippen molar-refractivity contribution in [2.75, 3.05) is 18.4 Å². The lowest BCUT2D eigenvalue weighted by Gasteiger charge is -2.31. The molecule has 3 heterocycles. The highest BCUT2D eigenvalue weighted by atomic mass is 16.5. The molecule has 1 saturated heterocycles. The van der Waals surface area contributed by atoms with Crippen LogP contribution in [0.1, 0.15) is 80.2 Å². The quantitative estimate of drug-likeness (QED) is 0.380. The summed E-state index contributed by atoms with van der Waals surface area (Å²) in [5, 5.41) is 13.2. The highest BCUT2D eigenvalue weighted by Gasteiger charge is 2.31. The Balaban J connectivity index is 1.36. The van der Waals surface area contributed by atoms with Gasteiger partial charge < -0.3 is 26.2 Å². The summed E-state index contributed by atoms with van der Waals surface area (Å²) in [7, 11) is 0. The second kappa shape index (κ2) is 10.3. The zero-order valence-corrected chi connectivity index (χ0v) is 19.7. The molecule has 0 bridgehead atoms. The van der Waals surface area contributed by atoms with E-state index in [1.54, 1.807) is 24.3 Å². The lowest BCUT2D eigenvalue weighted by Crippen LogP contribution is -2.39. The number of anilines is 1. The summed E-state index contributed by atoms with van der Waals surface area (Å²) in [6.07, 6.45) is 6.68. The van der Waals surface area contributed by atoms with E-state index in [0.29, 0.717) is 17.2 Å². The second-order valence-electron chi connectivity index (χ2n) is 9.33. The topological polar surface area (TPSA) is 152 Å². The molecule has 2 aliphatic rings. The number of nitrogens with zero attached hydrogens (tertiary/aromatic N) is 2. The van der Waals surface area contributed by atoms with Gasteiger partial charge in [-0.2, -0.15) is 0 Å². The number of carbonyl (C=O) groups excluding carboxylic acids is 3. The number of primary amides is 1. The molecule has 0 spiro atoms. The van der Waals surface area contributed by atoms with E-state index in [0.717, 1.165) is 50.1 Å². The van der Waals surface area contributed by atoms with Crippen LogP contribution >= 0.6 is 0 Å². The summed E-state index contributed by atoms with van der Waals surface area (Å²) in [4.78, 5) is 41.5. The van der Waals surface area contributed by atoms with Gasteiger partial charge in [-0.3, -0.25) is 19.4 Å². The zero-order valence-electron chi connectivity index (χ0n) is 19.7. The van der Waals surface area contributed by atoms with E-state index in [1.165, 1.54) is 18.5 Å². The van der Waals surface area contributed by atoms with Gasteiger partial charge in [0.2, 0.25) is 5.91 Å². The maximum Gasteiger partial charge on any atom is 0.273 e. The van der Waals surface area contributed by atoms with E-state index < -0.39 is 5.91 Å². The number of rotatable bonds is 8. The largest absolute Gasteiger partial charge is 0.366 e. The molecule has 3 aromatic rings.